The first-order chi connectivity index (χ1) is 7.61. The number of nitrogen functional groups attached to an aromatic ring is 1. The van der Waals surface area contributed by atoms with Crippen molar-refractivity contribution in [2.75, 3.05) is 24.8 Å². The summed E-state index contributed by atoms with van der Waals surface area (Å²) in [5.41, 5.74) is 6.98. The third kappa shape index (κ3) is 4.31. The Morgan fingerprint density at radius 1 is 1.56 bits per heavy atom. The van der Waals surface area contributed by atoms with Crippen molar-refractivity contribution in [3.8, 4) is 0 Å². The van der Waals surface area contributed by atoms with Gasteiger partial charge in [-0.2, -0.15) is 0 Å². The van der Waals surface area contributed by atoms with Crippen molar-refractivity contribution < 1.29 is 9.53 Å². The van der Waals surface area contributed by atoms with Crippen LogP contribution in [-0.4, -0.2) is 19.6 Å². The molecule has 4 heteroatoms. The maximum atomic E-state index is 11.6. The van der Waals surface area contributed by atoms with Gasteiger partial charge < -0.3 is 15.8 Å². The fraction of sp³-hybridized carbons (Fsp3) is 0.417. The zero-order valence-electron chi connectivity index (χ0n) is 9.69. The fourth-order valence-electron chi connectivity index (χ4n) is 1.49. The lowest BCUT2D eigenvalue weighted by molar-refractivity contribution is -0.117. The van der Waals surface area contributed by atoms with E-state index in [1.54, 1.807) is 19.2 Å². The summed E-state index contributed by atoms with van der Waals surface area (Å²) in [6.07, 6.45) is 0.447. The number of carbonyl (C=O) groups is 1. The second-order valence-corrected chi connectivity index (χ2v) is 3.94. The number of hydrogen-bond donors (Lipinski definition) is 2. The normalized spacial score (nSPS) is 12.1. The highest BCUT2D eigenvalue weighted by molar-refractivity contribution is 5.91. The third-order valence-electron chi connectivity index (χ3n) is 2.16. The summed E-state index contributed by atoms with van der Waals surface area (Å²) in [4.78, 5) is 11.6. The Kier molecular flexibility index (Phi) is 4.79. The number of hydrogen-bond acceptors (Lipinski definition) is 3. The van der Waals surface area contributed by atoms with Gasteiger partial charge in [0.2, 0.25) is 5.91 Å². The number of benzene rings is 1. The Bertz CT molecular complexity index is 353. The van der Waals surface area contributed by atoms with Gasteiger partial charge in [-0.05, 0) is 24.1 Å². The zero-order chi connectivity index (χ0) is 12.0. The van der Waals surface area contributed by atoms with Crippen molar-refractivity contribution in [2.24, 2.45) is 5.92 Å². The molecule has 0 heterocycles. The smallest absolute Gasteiger partial charge is 0.224 e. The van der Waals surface area contributed by atoms with Crippen molar-refractivity contribution in [3.63, 3.8) is 0 Å². The number of nitrogens with two attached hydrogens (primary N) is 1. The Balaban J connectivity index is 2.45. The molecule has 0 aromatic heterocycles. The van der Waals surface area contributed by atoms with E-state index in [0.29, 0.717) is 18.7 Å². The highest BCUT2D eigenvalue weighted by Crippen LogP contribution is 2.13. The molecule has 88 valence electrons. The molecule has 3 N–H and O–H groups in total. The molecule has 1 unspecified atom stereocenters. The molecule has 0 aliphatic carbocycles. The van der Waals surface area contributed by atoms with Crippen LogP contribution in [0.1, 0.15) is 13.3 Å². The number of nitrogens with one attached hydrogen (secondary N) is 1. The summed E-state index contributed by atoms with van der Waals surface area (Å²) in [6, 6.07) is 7.14. The molecule has 0 saturated carbocycles. The first-order valence-electron chi connectivity index (χ1n) is 5.26. The molecule has 0 spiro atoms. The molecule has 0 saturated heterocycles. The quantitative estimate of drug-likeness (QED) is 0.748. The van der Waals surface area contributed by atoms with E-state index >= 15 is 0 Å². The summed E-state index contributed by atoms with van der Waals surface area (Å²) in [5, 5.41) is 2.80. The van der Waals surface area contributed by atoms with Crippen LogP contribution in [0.2, 0.25) is 0 Å². The van der Waals surface area contributed by atoms with Crippen molar-refractivity contribution >= 4 is 17.3 Å². The minimum atomic E-state index is -0.0184. The second kappa shape index (κ2) is 6.12. The van der Waals surface area contributed by atoms with Gasteiger partial charge in [0.1, 0.15) is 0 Å². The number of carbonyl (C=O) groups excluding carboxylic acids is 1. The molecule has 0 aliphatic rings. The molecule has 0 bridgehead atoms. The Morgan fingerprint density at radius 2 is 2.31 bits per heavy atom. The van der Waals surface area contributed by atoms with Gasteiger partial charge in [0.05, 0.1) is 0 Å². The van der Waals surface area contributed by atoms with Crippen LogP contribution in [0.3, 0.4) is 0 Å². The third-order valence-corrected chi connectivity index (χ3v) is 2.16. The van der Waals surface area contributed by atoms with Gasteiger partial charge in [0.25, 0.3) is 0 Å². The SMILES string of the molecule is COCC(C)CC(=O)Nc1cccc(N)c1. The first-order valence-corrected chi connectivity index (χ1v) is 5.26. The second-order valence-electron chi connectivity index (χ2n) is 3.94. The van der Waals surface area contributed by atoms with E-state index in [2.05, 4.69) is 5.32 Å². The molecule has 1 aromatic carbocycles. The van der Waals surface area contributed by atoms with Crippen LogP contribution in [0.25, 0.3) is 0 Å². The molecule has 0 radical (unpaired) electrons. The van der Waals surface area contributed by atoms with Crippen molar-refractivity contribution in [1.29, 1.82) is 0 Å². The Morgan fingerprint density at radius 3 is 2.94 bits per heavy atom. The molecule has 0 fully saturated rings. The number of amides is 1. The number of rotatable bonds is 5. The number of anilines is 2. The Hall–Kier alpha value is -1.55. The van der Waals surface area contributed by atoms with Crippen LogP contribution in [0.4, 0.5) is 11.4 Å². The lowest BCUT2D eigenvalue weighted by Gasteiger charge is -2.10. The molecule has 4 nitrogen and oxygen atoms in total. The zero-order valence-corrected chi connectivity index (χ0v) is 9.69. The number of methoxy groups -OCH3 is 1. The van der Waals surface area contributed by atoms with Crippen LogP contribution in [0.15, 0.2) is 24.3 Å². The van der Waals surface area contributed by atoms with Crippen LogP contribution in [-0.2, 0) is 9.53 Å². The van der Waals surface area contributed by atoms with Crippen LogP contribution >= 0.6 is 0 Å². The minimum Gasteiger partial charge on any atom is -0.399 e. The van der Waals surface area contributed by atoms with Crippen LogP contribution in [0, 0.1) is 5.92 Å². The highest BCUT2D eigenvalue weighted by atomic mass is 16.5. The van der Waals surface area contributed by atoms with Crippen molar-refractivity contribution in [2.45, 2.75) is 13.3 Å². The summed E-state index contributed by atoms with van der Waals surface area (Å²) < 4.78 is 4.97. The summed E-state index contributed by atoms with van der Waals surface area (Å²) in [6.45, 7) is 2.56. The van der Waals surface area contributed by atoms with Crippen molar-refractivity contribution in [3.05, 3.63) is 24.3 Å². The average molecular weight is 222 g/mol. The maximum Gasteiger partial charge on any atom is 0.224 e. The highest BCUT2D eigenvalue weighted by Gasteiger charge is 2.08. The van der Waals surface area contributed by atoms with Crippen LogP contribution < -0.4 is 11.1 Å². The summed E-state index contributed by atoms with van der Waals surface area (Å²) in [5.74, 6) is 0.196. The van der Waals surface area contributed by atoms with E-state index in [-0.39, 0.29) is 11.8 Å². The molecular weight excluding hydrogens is 204 g/mol. The topological polar surface area (TPSA) is 64.3 Å². The molecule has 16 heavy (non-hydrogen) atoms. The van der Waals surface area contributed by atoms with Gasteiger partial charge in [-0.1, -0.05) is 13.0 Å². The average Bonchev–Trinajstić information content (AvgIpc) is 2.17. The van der Waals surface area contributed by atoms with Crippen molar-refractivity contribution in [1.82, 2.24) is 0 Å². The summed E-state index contributed by atoms with van der Waals surface area (Å²) in [7, 11) is 1.63. The van der Waals surface area contributed by atoms with Gasteiger partial charge >= 0.3 is 0 Å². The monoisotopic (exact) mass is 222 g/mol. The summed E-state index contributed by atoms with van der Waals surface area (Å²) >= 11 is 0. The first kappa shape index (κ1) is 12.5. The Labute approximate surface area is 95.8 Å². The molecule has 0 aliphatic heterocycles. The largest absolute Gasteiger partial charge is 0.399 e. The molecule has 1 rings (SSSR count). The van der Waals surface area contributed by atoms with Gasteiger partial charge in [-0.3, -0.25) is 4.79 Å². The van der Waals surface area contributed by atoms with Crippen LogP contribution in [0.5, 0.6) is 0 Å². The van der Waals surface area contributed by atoms with Gasteiger partial charge in [0.15, 0.2) is 0 Å². The fourth-order valence-corrected chi connectivity index (χ4v) is 1.49. The van der Waals surface area contributed by atoms with Gasteiger partial charge in [-0.25, -0.2) is 0 Å². The van der Waals surface area contributed by atoms with E-state index in [9.17, 15) is 4.79 Å². The molecule has 1 atom stereocenters. The van der Waals surface area contributed by atoms with E-state index in [1.807, 2.05) is 19.1 Å². The lowest BCUT2D eigenvalue weighted by Crippen LogP contribution is -2.17. The van der Waals surface area contributed by atoms with E-state index < -0.39 is 0 Å². The van der Waals surface area contributed by atoms with E-state index in [4.69, 9.17) is 10.5 Å². The van der Waals surface area contributed by atoms with Gasteiger partial charge in [0, 0.05) is 31.5 Å². The number of ether oxygens (including phenoxy) is 1. The molecular formula is C12H18N2O2. The van der Waals surface area contributed by atoms with E-state index in [1.165, 1.54) is 0 Å². The standard InChI is InChI=1S/C12H18N2O2/c1-9(8-16-2)6-12(15)14-11-5-3-4-10(13)7-11/h3-5,7,9H,6,8,13H2,1-2H3,(H,14,15). The molecule has 1 aromatic rings. The predicted molar refractivity (Wildman–Crippen MR) is 65.1 cm³/mol. The minimum absolute atomic E-state index is 0.0184. The predicted octanol–water partition coefficient (Wildman–Crippen LogP) is 1.88. The lowest BCUT2D eigenvalue weighted by atomic mass is 10.1. The maximum absolute atomic E-state index is 11.6. The molecule has 1 amide bonds. The van der Waals surface area contributed by atoms with E-state index in [0.717, 1.165) is 5.69 Å². The van der Waals surface area contributed by atoms with Gasteiger partial charge in [-0.15, -0.1) is 0 Å².